The molecule has 0 atom stereocenters. The van der Waals surface area contributed by atoms with Crippen LogP contribution in [-0.4, -0.2) is 32.3 Å². The lowest BCUT2D eigenvalue weighted by molar-refractivity contribution is 0.0696. The fourth-order valence-corrected chi connectivity index (χ4v) is 5.17. The summed E-state index contributed by atoms with van der Waals surface area (Å²) in [5.74, 6) is -0.0968. The molecule has 0 aliphatic carbocycles. The average Bonchev–Trinajstić information content (AvgIpc) is 3.74. The summed E-state index contributed by atoms with van der Waals surface area (Å²) >= 11 is 0. The Balaban J connectivity index is 1.07. The first-order valence-corrected chi connectivity index (χ1v) is 14.1. The average molecular weight is 587 g/mol. The number of fused-ring (bicyclic) bond motifs is 1. The van der Waals surface area contributed by atoms with Crippen LogP contribution in [0.4, 0.5) is 0 Å². The van der Waals surface area contributed by atoms with Crippen LogP contribution in [0.5, 0.6) is 5.75 Å². The molecule has 0 unspecified atom stereocenters. The van der Waals surface area contributed by atoms with Crippen molar-refractivity contribution in [2.45, 2.75) is 27.0 Å². The largest absolute Gasteiger partial charge is 0.486 e. The number of ether oxygens (including phenoxy) is 1. The van der Waals surface area contributed by atoms with E-state index < -0.39 is 11.9 Å². The molecule has 220 valence electrons. The number of hydrogen-bond donors (Lipinski definition) is 2. The van der Waals surface area contributed by atoms with Gasteiger partial charge in [-0.15, -0.1) is 0 Å². The van der Waals surface area contributed by atoms with E-state index in [1.807, 2.05) is 54.7 Å². The highest BCUT2D eigenvalue weighted by atomic mass is 16.5. The molecule has 9 heteroatoms. The lowest BCUT2D eigenvalue weighted by Crippen LogP contribution is -2.16. The monoisotopic (exact) mass is 586 g/mol. The normalized spacial score (nSPS) is 11.3. The Labute approximate surface area is 253 Å². The number of carbonyl (C=O) groups excluding carboxylic acids is 1. The molecule has 3 aromatic heterocycles. The number of aromatic carboxylic acids is 1. The van der Waals surface area contributed by atoms with Crippen molar-refractivity contribution >= 4 is 29.0 Å². The zero-order valence-corrected chi connectivity index (χ0v) is 24.2. The van der Waals surface area contributed by atoms with Crippen LogP contribution in [0.3, 0.4) is 0 Å². The predicted molar refractivity (Wildman–Crippen MR) is 168 cm³/mol. The molecule has 3 aromatic carbocycles. The number of nitrogens with zero attached hydrogens (tertiary/aromatic N) is 3. The standard InChI is InChI=1S/C35H30N4O5/c1-23-7-8-24(2)39(23)28-13-15-29(16-14-28)43-22-30-17-18-33(44-30)34(40)37-36-19-27-21-38(32-6-4-3-5-31(27)32)20-25-9-11-26(12-10-25)35(41)42/h3-19,21H,20,22H2,1-2H3,(H,37,40)(H,41,42)/b36-19+. The van der Waals surface area contributed by atoms with Gasteiger partial charge in [-0.25, -0.2) is 10.2 Å². The quantitative estimate of drug-likeness (QED) is 0.137. The maximum absolute atomic E-state index is 12.7. The van der Waals surface area contributed by atoms with Crippen LogP contribution < -0.4 is 10.2 Å². The van der Waals surface area contributed by atoms with Gasteiger partial charge in [-0.2, -0.15) is 5.10 Å². The molecule has 6 aromatic rings. The number of aryl methyl sites for hydroxylation is 2. The van der Waals surface area contributed by atoms with Gasteiger partial charge in [0.2, 0.25) is 0 Å². The minimum atomic E-state index is -0.956. The fraction of sp³-hybridized carbons (Fsp3) is 0.114. The predicted octanol–water partition coefficient (Wildman–Crippen LogP) is 6.73. The highest BCUT2D eigenvalue weighted by Crippen LogP contribution is 2.23. The summed E-state index contributed by atoms with van der Waals surface area (Å²) in [4.78, 5) is 23.9. The van der Waals surface area contributed by atoms with E-state index in [0.717, 1.165) is 39.1 Å². The fourth-order valence-electron chi connectivity index (χ4n) is 5.17. The van der Waals surface area contributed by atoms with Gasteiger partial charge in [-0.05, 0) is 86.1 Å². The van der Waals surface area contributed by atoms with Gasteiger partial charge in [-0.1, -0.05) is 30.3 Å². The molecule has 3 heterocycles. The first-order chi connectivity index (χ1) is 21.4. The van der Waals surface area contributed by atoms with Crippen LogP contribution in [0.15, 0.2) is 113 Å². The Bertz CT molecular complexity index is 1960. The first-order valence-electron chi connectivity index (χ1n) is 14.1. The number of carboxylic acids is 1. The highest BCUT2D eigenvalue weighted by Gasteiger charge is 2.12. The van der Waals surface area contributed by atoms with E-state index in [1.54, 1.807) is 42.6 Å². The smallest absolute Gasteiger partial charge is 0.335 e. The van der Waals surface area contributed by atoms with E-state index in [1.165, 1.54) is 0 Å². The lowest BCUT2D eigenvalue weighted by atomic mass is 10.1. The molecule has 0 aliphatic rings. The molecule has 0 aliphatic heterocycles. The van der Waals surface area contributed by atoms with Crippen molar-refractivity contribution in [2.24, 2.45) is 5.10 Å². The van der Waals surface area contributed by atoms with Crippen molar-refractivity contribution in [3.8, 4) is 11.4 Å². The third-order valence-corrected chi connectivity index (χ3v) is 7.38. The topological polar surface area (TPSA) is 111 Å². The van der Waals surface area contributed by atoms with Crippen molar-refractivity contribution < 1.29 is 23.8 Å². The Morgan fingerprint density at radius 1 is 0.909 bits per heavy atom. The molecule has 0 radical (unpaired) electrons. The van der Waals surface area contributed by atoms with Crippen LogP contribution in [-0.2, 0) is 13.2 Å². The SMILES string of the molecule is Cc1ccc(C)n1-c1ccc(OCc2ccc(C(=O)N/N=C/c3cn(Cc4ccc(C(=O)O)cc4)c4ccccc34)o2)cc1. The number of furan rings is 1. The molecule has 6 rings (SSSR count). The maximum Gasteiger partial charge on any atom is 0.335 e. The van der Waals surface area contributed by atoms with E-state index >= 15 is 0 Å². The van der Waals surface area contributed by atoms with Crippen LogP contribution in [0.1, 0.15) is 49.2 Å². The number of rotatable bonds is 10. The Kier molecular flexibility index (Phi) is 7.84. The molecule has 2 N–H and O–H groups in total. The summed E-state index contributed by atoms with van der Waals surface area (Å²) in [6.45, 7) is 4.87. The number of hydrazone groups is 1. The number of nitrogens with one attached hydrogen (secondary N) is 1. The number of amides is 1. The summed E-state index contributed by atoms with van der Waals surface area (Å²) in [5.41, 5.74) is 8.94. The summed E-state index contributed by atoms with van der Waals surface area (Å²) in [7, 11) is 0. The maximum atomic E-state index is 12.7. The van der Waals surface area contributed by atoms with Crippen LogP contribution >= 0.6 is 0 Å². The Hall–Kier alpha value is -5.83. The molecule has 0 spiro atoms. The number of hydrogen-bond acceptors (Lipinski definition) is 5. The number of carbonyl (C=O) groups is 2. The van der Waals surface area contributed by atoms with Crippen molar-refractivity contribution in [1.29, 1.82) is 0 Å². The number of aromatic nitrogens is 2. The molecular formula is C35H30N4O5. The zero-order valence-electron chi connectivity index (χ0n) is 24.2. The van der Waals surface area contributed by atoms with Crippen molar-refractivity contribution in [2.75, 3.05) is 0 Å². The van der Waals surface area contributed by atoms with E-state index in [0.29, 0.717) is 18.1 Å². The number of carboxylic acid groups (broad SMARTS) is 1. The van der Waals surface area contributed by atoms with Gasteiger partial charge in [0.05, 0.1) is 11.8 Å². The summed E-state index contributed by atoms with van der Waals surface area (Å²) < 4.78 is 15.8. The molecule has 0 saturated carbocycles. The molecule has 1 amide bonds. The van der Waals surface area contributed by atoms with Gasteiger partial charge < -0.3 is 23.4 Å². The van der Waals surface area contributed by atoms with Gasteiger partial charge in [0.15, 0.2) is 5.76 Å². The second kappa shape index (κ2) is 12.2. The number of para-hydroxylation sites is 1. The minimum Gasteiger partial charge on any atom is -0.486 e. The van der Waals surface area contributed by atoms with Gasteiger partial charge in [-0.3, -0.25) is 4.79 Å². The molecule has 0 bridgehead atoms. The molecule has 9 nitrogen and oxygen atoms in total. The van der Waals surface area contributed by atoms with E-state index in [-0.39, 0.29) is 17.9 Å². The third kappa shape index (κ3) is 6.03. The second-order valence-electron chi connectivity index (χ2n) is 10.4. The molecule has 0 saturated heterocycles. The second-order valence-corrected chi connectivity index (χ2v) is 10.4. The number of benzene rings is 3. The zero-order chi connectivity index (χ0) is 30.6. The summed E-state index contributed by atoms with van der Waals surface area (Å²) in [5, 5.41) is 14.3. The third-order valence-electron chi connectivity index (χ3n) is 7.38. The van der Waals surface area contributed by atoms with Gasteiger partial charge in [0.1, 0.15) is 18.1 Å². The van der Waals surface area contributed by atoms with Crippen LogP contribution in [0.2, 0.25) is 0 Å². The first kappa shape index (κ1) is 28.3. The van der Waals surface area contributed by atoms with Gasteiger partial charge >= 0.3 is 11.9 Å². The summed E-state index contributed by atoms with van der Waals surface area (Å²) in [6.07, 6.45) is 3.54. The summed E-state index contributed by atoms with van der Waals surface area (Å²) in [6, 6.07) is 30.0. The van der Waals surface area contributed by atoms with Gasteiger partial charge in [0.25, 0.3) is 0 Å². The van der Waals surface area contributed by atoms with E-state index in [2.05, 4.69) is 45.6 Å². The van der Waals surface area contributed by atoms with E-state index in [9.17, 15) is 9.59 Å². The van der Waals surface area contributed by atoms with Crippen LogP contribution in [0, 0.1) is 13.8 Å². The Morgan fingerprint density at radius 2 is 1.64 bits per heavy atom. The van der Waals surface area contributed by atoms with Crippen molar-refractivity contribution in [3.63, 3.8) is 0 Å². The van der Waals surface area contributed by atoms with Crippen molar-refractivity contribution in [1.82, 2.24) is 14.6 Å². The van der Waals surface area contributed by atoms with Crippen LogP contribution in [0.25, 0.3) is 16.6 Å². The van der Waals surface area contributed by atoms with Gasteiger partial charge in [0, 0.05) is 46.3 Å². The molecule has 0 fully saturated rings. The molecule has 44 heavy (non-hydrogen) atoms. The van der Waals surface area contributed by atoms with Crippen molar-refractivity contribution in [3.05, 3.63) is 143 Å². The Morgan fingerprint density at radius 3 is 2.36 bits per heavy atom. The molecular weight excluding hydrogens is 556 g/mol. The highest BCUT2D eigenvalue weighted by molar-refractivity contribution is 6.00. The van der Waals surface area contributed by atoms with E-state index in [4.69, 9.17) is 14.3 Å². The lowest BCUT2D eigenvalue weighted by Gasteiger charge is -2.10. The minimum absolute atomic E-state index is 0.127.